The molecule has 2 saturated heterocycles. The Morgan fingerprint density at radius 3 is 2.83 bits per heavy atom. The summed E-state index contributed by atoms with van der Waals surface area (Å²) in [5.41, 5.74) is -0.448. The molecule has 98 valence electrons. The largest absolute Gasteiger partial charge is 0.332 e. The minimum Gasteiger partial charge on any atom is -0.332 e. The first-order valence-electron chi connectivity index (χ1n) is 6.44. The zero-order valence-electron chi connectivity index (χ0n) is 11.0. The van der Waals surface area contributed by atoms with Gasteiger partial charge in [-0.05, 0) is 33.1 Å². The van der Waals surface area contributed by atoms with E-state index in [0.29, 0.717) is 19.5 Å². The van der Waals surface area contributed by atoms with Crippen molar-refractivity contribution in [2.45, 2.75) is 39.2 Å². The molecule has 1 unspecified atom stereocenters. The molecule has 5 nitrogen and oxygen atoms in total. The number of rotatable bonds is 3. The highest BCUT2D eigenvalue weighted by Crippen LogP contribution is 2.25. The zero-order valence-corrected chi connectivity index (χ0v) is 11.0. The molecule has 5 heteroatoms. The molecule has 0 aromatic rings. The van der Waals surface area contributed by atoms with E-state index < -0.39 is 5.41 Å². The van der Waals surface area contributed by atoms with Gasteiger partial charge in [-0.2, -0.15) is 5.26 Å². The van der Waals surface area contributed by atoms with Crippen LogP contribution >= 0.6 is 0 Å². The van der Waals surface area contributed by atoms with Gasteiger partial charge < -0.3 is 9.80 Å². The second kappa shape index (κ2) is 4.60. The Hall–Kier alpha value is -1.57. The van der Waals surface area contributed by atoms with Gasteiger partial charge in [0, 0.05) is 13.1 Å². The van der Waals surface area contributed by atoms with Crippen molar-refractivity contribution in [2.24, 2.45) is 5.41 Å². The molecule has 0 bridgehead atoms. The first-order chi connectivity index (χ1) is 8.44. The highest BCUT2D eigenvalue weighted by Gasteiger charge is 2.41. The van der Waals surface area contributed by atoms with Crippen LogP contribution in [0.25, 0.3) is 0 Å². The Kier molecular flexibility index (Phi) is 3.29. The van der Waals surface area contributed by atoms with E-state index in [9.17, 15) is 9.59 Å². The van der Waals surface area contributed by atoms with Crippen molar-refractivity contribution in [3.8, 4) is 6.07 Å². The second-order valence-corrected chi connectivity index (χ2v) is 5.75. The van der Waals surface area contributed by atoms with Crippen molar-refractivity contribution >= 4 is 11.8 Å². The van der Waals surface area contributed by atoms with Gasteiger partial charge in [0.25, 0.3) is 0 Å². The summed E-state index contributed by atoms with van der Waals surface area (Å²) >= 11 is 0. The van der Waals surface area contributed by atoms with Crippen molar-refractivity contribution < 1.29 is 9.59 Å². The maximum absolute atomic E-state index is 12.2. The van der Waals surface area contributed by atoms with E-state index in [0.717, 1.165) is 12.8 Å². The number of fused-ring (bicyclic) bond motifs is 1. The highest BCUT2D eigenvalue weighted by molar-refractivity contribution is 5.95. The first kappa shape index (κ1) is 12.9. The van der Waals surface area contributed by atoms with E-state index in [1.54, 1.807) is 9.80 Å². The van der Waals surface area contributed by atoms with Gasteiger partial charge in [0.05, 0.1) is 18.0 Å². The minimum atomic E-state index is -0.448. The molecule has 1 atom stereocenters. The lowest BCUT2D eigenvalue weighted by atomic mass is 9.91. The Morgan fingerprint density at radius 1 is 1.44 bits per heavy atom. The average Bonchev–Trinajstić information content (AvgIpc) is 2.82. The van der Waals surface area contributed by atoms with Crippen LogP contribution < -0.4 is 0 Å². The number of amides is 2. The van der Waals surface area contributed by atoms with Gasteiger partial charge in [-0.1, -0.05) is 0 Å². The topological polar surface area (TPSA) is 64.4 Å². The molecule has 2 aliphatic rings. The first-order valence-corrected chi connectivity index (χ1v) is 6.44. The Bertz CT molecular complexity index is 411. The molecule has 0 radical (unpaired) electrons. The summed E-state index contributed by atoms with van der Waals surface area (Å²) < 4.78 is 0. The molecule has 18 heavy (non-hydrogen) atoms. The molecule has 0 N–H and O–H groups in total. The van der Waals surface area contributed by atoms with E-state index in [1.807, 2.05) is 13.8 Å². The molecule has 2 fully saturated rings. The summed E-state index contributed by atoms with van der Waals surface area (Å²) in [7, 11) is 0. The van der Waals surface area contributed by atoms with Gasteiger partial charge in [0.2, 0.25) is 11.8 Å². The number of hydrogen-bond acceptors (Lipinski definition) is 3. The maximum Gasteiger partial charge on any atom is 0.245 e. The summed E-state index contributed by atoms with van der Waals surface area (Å²) in [6.07, 6.45) is 2.30. The fraction of sp³-hybridized carbons (Fsp3) is 0.769. The predicted molar refractivity (Wildman–Crippen MR) is 65.3 cm³/mol. The van der Waals surface area contributed by atoms with Crippen molar-refractivity contribution in [3.05, 3.63) is 0 Å². The van der Waals surface area contributed by atoms with Gasteiger partial charge in [-0.3, -0.25) is 9.59 Å². The van der Waals surface area contributed by atoms with Crippen LogP contribution in [0.1, 0.15) is 33.1 Å². The van der Waals surface area contributed by atoms with Crippen molar-refractivity contribution in [3.63, 3.8) is 0 Å². The van der Waals surface area contributed by atoms with Crippen molar-refractivity contribution in [1.82, 2.24) is 9.80 Å². The Morgan fingerprint density at radius 2 is 2.17 bits per heavy atom. The fourth-order valence-electron chi connectivity index (χ4n) is 2.52. The van der Waals surface area contributed by atoms with E-state index in [1.165, 1.54) is 0 Å². The lowest BCUT2D eigenvalue weighted by Gasteiger charge is -2.37. The molecule has 2 aliphatic heterocycles. The highest BCUT2D eigenvalue weighted by atomic mass is 16.2. The number of carbonyl (C=O) groups excluding carboxylic acids is 2. The van der Waals surface area contributed by atoms with Gasteiger partial charge in [-0.15, -0.1) is 0 Å². The van der Waals surface area contributed by atoms with Crippen LogP contribution in [0.3, 0.4) is 0 Å². The van der Waals surface area contributed by atoms with Gasteiger partial charge in [0.15, 0.2) is 0 Å². The Balaban J connectivity index is 2.00. The number of carbonyl (C=O) groups is 2. The number of nitriles is 1. The summed E-state index contributed by atoms with van der Waals surface area (Å²) in [6.45, 7) is 5.09. The summed E-state index contributed by atoms with van der Waals surface area (Å²) in [5.74, 6) is 0.104. The summed E-state index contributed by atoms with van der Waals surface area (Å²) in [5, 5.41) is 8.96. The lowest BCUT2D eigenvalue weighted by molar-refractivity contribution is -0.153. The van der Waals surface area contributed by atoms with Crippen LogP contribution in [0.4, 0.5) is 0 Å². The molecular weight excluding hydrogens is 230 g/mol. The van der Waals surface area contributed by atoms with Crippen LogP contribution in [-0.2, 0) is 9.59 Å². The third-order valence-corrected chi connectivity index (χ3v) is 3.81. The normalized spacial score (nSPS) is 24.2. The molecule has 2 heterocycles. The van der Waals surface area contributed by atoms with Crippen LogP contribution in [0, 0.1) is 16.7 Å². The molecule has 0 aliphatic carbocycles. The number of piperazine rings is 1. The molecule has 0 spiro atoms. The van der Waals surface area contributed by atoms with Crippen LogP contribution in [0.2, 0.25) is 0 Å². The van der Waals surface area contributed by atoms with E-state index in [2.05, 4.69) is 6.07 Å². The van der Waals surface area contributed by atoms with E-state index in [-0.39, 0.29) is 24.4 Å². The number of hydrogen-bond donors (Lipinski definition) is 0. The van der Waals surface area contributed by atoms with Gasteiger partial charge in [-0.25, -0.2) is 0 Å². The molecular formula is C13H19N3O2. The molecule has 0 aromatic carbocycles. The van der Waals surface area contributed by atoms with Crippen LogP contribution in [-0.4, -0.2) is 47.3 Å². The number of nitrogens with zero attached hydrogens (tertiary/aromatic N) is 3. The SMILES string of the molecule is CC(C)(C#N)CCN1CC(=O)N2CCCC2C1=O. The quantitative estimate of drug-likeness (QED) is 0.741. The minimum absolute atomic E-state index is 0.0480. The maximum atomic E-state index is 12.2. The Labute approximate surface area is 107 Å². The van der Waals surface area contributed by atoms with Crippen LogP contribution in [0.15, 0.2) is 0 Å². The van der Waals surface area contributed by atoms with E-state index >= 15 is 0 Å². The van der Waals surface area contributed by atoms with E-state index in [4.69, 9.17) is 5.26 Å². The third-order valence-electron chi connectivity index (χ3n) is 3.81. The molecule has 0 aromatic heterocycles. The lowest BCUT2D eigenvalue weighted by Crippen LogP contribution is -2.57. The smallest absolute Gasteiger partial charge is 0.245 e. The van der Waals surface area contributed by atoms with Crippen LogP contribution in [0.5, 0.6) is 0 Å². The third kappa shape index (κ3) is 2.33. The fourth-order valence-corrected chi connectivity index (χ4v) is 2.52. The average molecular weight is 249 g/mol. The summed E-state index contributed by atoms with van der Waals surface area (Å²) in [4.78, 5) is 27.4. The standard InChI is InChI=1S/C13H19N3O2/c1-13(2,9-14)5-7-15-8-11(17)16-6-3-4-10(16)12(15)18/h10H,3-8H2,1-2H3. The summed E-state index contributed by atoms with van der Waals surface area (Å²) in [6, 6.07) is 1.98. The molecule has 2 rings (SSSR count). The van der Waals surface area contributed by atoms with Gasteiger partial charge >= 0.3 is 0 Å². The van der Waals surface area contributed by atoms with Crippen molar-refractivity contribution in [1.29, 1.82) is 5.26 Å². The molecule has 0 saturated carbocycles. The van der Waals surface area contributed by atoms with Crippen molar-refractivity contribution in [2.75, 3.05) is 19.6 Å². The molecule has 2 amide bonds. The zero-order chi connectivity index (χ0) is 13.3. The monoisotopic (exact) mass is 249 g/mol. The second-order valence-electron chi connectivity index (χ2n) is 5.75. The predicted octanol–water partition coefficient (Wildman–Crippen LogP) is 0.759. The van der Waals surface area contributed by atoms with Gasteiger partial charge in [0.1, 0.15) is 6.04 Å².